The molecule has 3 heterocycles. The van der Waals surface area contributed by atoms with E-state index in [1.807, 2.05) is 0 Å². The molecular formula is C21H22F5N3. The van der Waals surface area contributed by atoms with Crippen LogP contribution in [0, 0.1) is 19.8 Å². The molecule has 0 N–H and O–H groups in total. The second kappa shape index (κ2) is 7.39. The number of halogens is 5. The molecule has 0 aliphatic carbocycles. The van der Waals surface area contributed by atoms with Gasteiger partial charge in [0.25, 0.3) is 5.92 Å². The van der Waals surface area contributed by atoms with Gasteiger partial charge in [-0.05, 0) is 43.2 Å². The third kappa shape index (κ3) is 4.26. The van der Waals surface area contributed by atoms with Gasteiger partial charge in [0, 0.05) is 35.8 Å². The van der Waals surface area contributed by atoms with Gasteiger partial charge < -0.3 is 4.57 Å². The summed E-state index contributed by atoms with van der Waals surface area (Å²) in [4.78, 5) is 8.05. The van der Waals surface area contributed by atoms with Crippen LogP contribution in [-0.4, -0.2) is 20.5 Å². The molecule has 3 aromatic heterocycles. The highest BCUT2D eigenvalue weighted by Crippen LogP contribution is 2.32. The quantitative estimate of drug-likeness (QED) is 0.486. The summed E-state index contributed by atoms with van der Waals surface area (Å²) >= 11 is 0. The van der Waals surface area contributed by atoms with E-state index in [0.717, 1.165) is 6.07 Å². The number of hydrogen-bond donors (Lipinski definition) is 0. The van der Waals surface area contributed by atoms with Crippen molar-refractivity contribution in [2.45, 2.75) is 52.8 Å². The molecule has 0 unspecified atom stereocenters. The molecule has 29 heavy (non-hydrogen) atoms. The molecule has 0 aliphatic heterocycles. The Hall–Kier alpha value is -2.51. The Morgan fingerprint density at radius 2 is 1.76 bits per heavy atom. The first-order valence-corrected chi connectivity index (χ1v) is 9.25. The van der Waals surface area contributed by atoms with Crippen LogP contribution in [0.2, 0.25) is 0 Å². The Morgan fingerprint density at radius 3 is 2.34 bits per heavy atom. The third-order valence-corrected chi connectivity index (χ3v) is 5.19. The Bertz CT molecular complexity index is 1010. The van der Waals surface area contributed by atoms with Gasteiger partial charge in [-0.25, -0.2) is 13.8 Å². The van der Waals surface area contributed by atoms with E-state index >= 15 is 0 Å². The van der Waals surface area contributed by atoms with Crippen molar-refractivity contribution in [2.24, 2.45) is 5.92 Å². The van der Waals surface area contributed by atoms with E-state index in [1.165, 1.54) is 31.5 Å². The van der Waals surface area contributed by atoms with Crippen LogP contribution in [0.5, 0.6) is 0 Å². The number of aryl methyl sites for hydroxylation is 2. The summed E-state index contributed by atoms with van der Waals surface area (Å²) in [6.45, 7) is 5.64. The van der Waals surface area contributed by atoms with Crippen molar-refractivity contribution >= 4 is 10.9 Å². The highest BCUT2D eigenvalue weighted by molar-refractivity contribution is 5.82. The van der Waals surface area contributed by atoms with Crippen LogP contribution in [0.25, 0.3) is 10.9 Å². The van der Waals surface area contributed by atoms with Crippen LogP contribution in [0.1, 0.15) is 42.1 Å². The number of pyridine rings is 2. The van der Waals surface area contributed by atoms with Crippen LogP contribution >= 0.6 is 0 Å². The summed E-state index contributed by atoms with van der Waals surface area (Å²) in [6.07, 6.45) is -1.11. The highest BCUT2D eigenvalue weighted by atomic mass is 19.4. The molecule has 3 rings (SSSR count). The molecule has 0 saturated heterocycles. The van der Waals surface area contributed by atoms with Crippen molar-refractivity contribution in [2.75, 3.05) is 0 Å². The van der Waals surface area contributed by atoms with Crippen molar-refractivity contribution in [3.63, 3.8) is 0 Å². The van der Waals surface area contributed by atoms with Crippen LogP contribution in [-0.2, 0) is 19.1 Å². The average Bonchev–Trinajstić information content (AvgIpc) is 3.00. The Balaban J connectivity index is 1.99. The minimum atomic E-state index is -4.51. The molecule has 0 radical (unpaired) electrons. The molecule has 0 bridgehead atoms. The first kappa shape index (κ1) is 21.2. The van der Waals surface area contributed by atoms with E-state index in [9.17, 15) is 22.0 Å². The summed E-state index contributed by atoms with van der Waals surface area (Å²) in [7, 11) is 0. The van der Waals surface area contributed by atoms with Gasteiger partial charge in [0.2, 0.25) is 0 Å². The Morgan fingerprint density at radius 1 is 1.07 bits per heavy atom. The summed E-state index contributed by atoms with van der Waals surface area (Å²) in [5, 5.41) is 0.700. The molecule has 0 saturated carbocycles. The topological polar surface area (TPSA) is 30.7 Å². The predicted molar refractivity (Wildman–Crippen MR) is 101 cm³/mol. The lowest BCUT2D eigenvalue weighted by molar-refractivity contribution is -0.141. The Kier molecular flexibility index (Phi) is 5.40. The van der Waals surface area contributed by atoms with E-state index in [-0.39, 0.29) is 12.1 Å². The molecule has 156 valence electrons. The van der Waals surface area contributed by atoms with Crippen LogP contribution in [0.4, 0.5) is 22.0 Å². The number of rotatable bonds is 5. The van der Waals surface area contributed by atoms with E-state index in [4.69, 9.17) is 0 Å². The van der Waals surface area contributed by atoms with E-state index in [0.29, 0.717) is 27.7 Å². The zero-order valence-electron chi connectivity index (χ0n) is 16.6. The lowest BCUT2D eigenvalue weighted by Gasteiger charge is -2.21. The molecule has 0 atom stereocenters. The number of alkyl halides is 5. The van der Waals surface area contributed by atoms with Gasteiger partial charge in [-0.2, -0.15) is 13.2 Å². The lowest BCUT2D eigenvalue weighted by atomic mass is 10.00. The smallest absolute Gasteiger partial charge is 0.341 e. The number of nitrogens with zero attached hydrogens (tertiary/aromatic N) is 3. The average molecular weight is 411 g/mol. The molecule has 3 nitrogen and oxygen atoms in total. The summed E-state index contributed by atoms with van der Waals surface area (Å²) in [6, 6.07) is 4.41. The minimum Gasteiger partial charge on any atom is -0.341 e. The van der Waals surface area contributed by atoms with E-state index in [2.05, 4.69) is 9.97 Å². The number of hydrogen-bond acceptors (Lipinski definition) is 2. The second-order valence-corrected chi connectivity index (χ2v) is 7.61. The zero-order valence-corrected chi connectivity index (χ0v) is 16.6. The fourth-order valence-electron chi connectivity index (χ4n) is 3.31. The molecule has 0 spiro atoms. The summed E-state index contributed by atoms with van der Waals surface area (Å²) < 4.78 is 68.8. The molecular weight excluding hydrogens is 389 g/mol. The predicted octanol–water partition coefficient (Wildman–Crippen LogP) is 5.95. The third-order valence-electron chi connectivity index (χ3n) is 5.19. The molecule has 3 aromatic rings. The van der Waals surface area contributed by atoms with Gasteiger partial charge in [-0.3, -0.25) is 4.98 Å². The van der Waals surface area contributed by atoms with Gasteiger partial charge in [0.15, 0.2) is 0 Å². The largest absolute Gasteiger partial charge is 0.433 e. The number of aromatic nitrogens is 3. The maximum Gasteiger partial charge on any atom is 0.433 e. The maximum atomic E-state index is 14.2. The van der Waals surface area contributed by atoms with E-state index < -0.39 is 30.3 Å². The number of fused-ring (bicyclic) bond motifs is 1. The van der Waals surface area contributed by atoms with Crippen LogP contribution in [0.3, 0.4) is 0 Å². The minimum absolute atomic E-state index is 0.269. The molecule has 0 aliphatic rings. The van der Waals surface area contributed by atoms with Gasteiger partial charge in [0.1, 0.15) is 5.69 Å². The summed E-state index contributed by atoms with van der Waals surface area (Å²) in [5.41, 5.74) is 1.70. The van der Waals surface area contributed by atoms with E-state index in [1.54, 1.807) is 25.3 Å². The fraction of sp³-hybridized carbons (Fsp3) is 0.429. The molecule has 0 amide bonds. The lowest BCUT2D eigenvalue weighted by Crippen LogP contribution is -2.29. The van der Waals surface area contributed by atoms with Gasteiger partial charge >= 0.3 is 6.18 Å². The molecule has 0 fully saturated rings. The molecule has 0 aromatic carbocycles. The van der Waals surface area contributed by atoms with Gasteiger partial charge in [0.05, 0.1) is 17.8 Å². The van der Waals surface area contributed by atoms with Gasteiger partial charge in [-0.15, -0.1) is 0 Å². The van der Waals surface area contributed by atoms with Crippen LogP contribution < -0.4 is 0 Å². The summed E-state index contributed by atoms with van der Waals surface area (Å²) in [5.74, 6) is -3.66. The standard InChI is InChI=1S/C21H22F5N3/c1-12(2)20(22,23)11-29-8-6-15-17(27-7-5-18(15)29)10-16-13(3)9-19(21(24,25)26)28-14(16)4/h5-9,12H,10-11H2,1-4H3. The monoisotopic (exact) mass is 411 g/mol. The molecule has 8 heteroatoms. The highest BCUT2D eigenvalue weighted by Gasteiger charge is 2.34. The van der Waals surface area contributed by atoms with Crippen molar-refractivity contribution in [3.8, 4) is 0 Å². The first-order valence-electron chi connectivity index (χ1n) is 9.25. The fourth-order valence-corrected chi connectivity index (χ4v) is 3.31. The SMILES string of the molecule is Cc1cc(C(F)(F)F)nc(C)c1Cc1nccc2c1ccn2CC(F)(F)C(C)C. The van der Waals surface area contributed by atoms with Crippen molar-refractivity contribution in [1.82, 2.24) is 14.5 Å². The van der Waals surface area contributed by atoms with Crippen molar-refractivity contribution < 1.29 is 22.0 Å². The maximum absolute atomic E-state index is 14.2. The normalized spacial score (nSPS) is 12.9. The van der Waals surface area contributed by atoms with Crippen LogP contribution in [0.15, 0.2) is 30.6 Å². The van der Waals surface area contributed by atoms with Crippen molar-refractivity contribution in [1.29, 1.82) is 0 Å². The second-order valence-electron chi connectivity index (χ2n) is 7.61. The van der Waals surface area contributed by atoms with Crippen molar-refractivity contribution in [3.05, 3.63) is 58.8 Å². The first-order chi connectivity index (χ1) is 13.4. The zero-order chi connectivity index (χ0) is 21.6. The Labute approximate surface area is 165 Å². The van der Waals surface area contributed by atoms with Gasteiger partial charge in [-0.1, -0.05) is 13.8 Å².